The molecule has 0 aliphatic carbocycles. The number of carbonyl (C=O) groups excluding carboxylic acids is 2. The van der Waals surface area contributed by atoms with Crippen LogP contribution >= 0.6 is 11.8 Å². The number of ether oxygens (including phenoxy) is 1. The number of aromatic nitrogens is 1. The molecule has 1 aliphatic rings. The summed E-state index contributed by atoms with van der Waals surface area (Å²) < 4.78 is 5.72. The van der Waals surface area contributed by atoms with Gasteiger partial charge in [-0.15, -0.1) is 0 Å². The molecule has 1 aliphatic heterocycles. The Balaban J connectivity index is 1.47. The molecule has 1 saturated heterocycles. The van der Waals surface area contributed by atoms with Crippen molar-refractivity contribution in [2.24, 2.45) is 0 Å². The highest BCUT2D eigenvalue weighted by Gasteiger charge is 2.31. The third kappa shape index (κ3) is 4.83. The van der Waals surface area contributed by atoms with Crippen LogP contribution in [0.3, 0.4) is 0 Å². The van der Waals surface area contributed by atoms with Crippen LogP contribution in [0.5, 0.6) is 5.75 Å². The lowest BCUT2D eigenvalue weighted by Crippen LogP contribution is -2.25. The summed E-state index contributed by atoms with van der Waals surface area (Å²) in [5.41, 5.74) is 2.68. The van der Waals surface area contributed by atoms with E-state index in [4.69, 9.17) is 4.74 Å². The lowest BCUT2D eigenvalue weighted by atomic mass is 10.1. The maximum Gasteiger partial charge on any atom is 0.286 e. The van der Waals surface area contributed by atoms with E-state index in [1.165, 1.54) is 0 Å². The first-order valence-corrected chi connectivity index (χ1v) is 9.25. The third-order valence-electron chi connectivity index (χ3n) is 4.07. The van der Waals surface area contributed by atoms with Gasteiger partial charge in [-0.2, -0.15) is 0 Å². The number of aliphatic hydroxyl groups is 1. The topological polar surface area (TPSA) is 88.5 Å². The molecule has 1 aromatic heterocycles. The molecular weight excluding hydrogens is 352 g/mol. The lowest BCUT2D eigenvalue weighted by Gasteiger charge is -2.09. The number of amides is 2. The van der Waals surface area contributed by atoms with Crippen molar-refractivity contribution >= 4 is 22.9 Å². The average molecular weight is 372 g/mol. The monoisotopic (exact) mass is 372 g/mol. The largest absolute Gasteiger partial charge is 0.493 e. The number of rotatable bonds is 7. The number of nitrogens with zero attached hydrogens (tertiary/aromatic N) is 1. The molecular formula is C19H20N2O4S. The van der Waals surface area contributed by atoms with E-state index in [2.05, 4.69) is 10.3 Å². The number of benzene rings is 1. The summed E-state index contributed by atoms with van der Waals surface area (Å²) in [6, 6.07) is 11.3. The molecule has 1 unspecified atom stereocenters. The average Bonchev–Trinajstić information content (AvgIpc) is 2.94. The fourth-order valence-electron chi connectivity index (χ4n) is 2.57. The highest BCUT2D eigenvalue weighted by Crippen LogP contribution is 2.24. The van der Waals surface area contributed by atoms with Crippen LogP contribution in [0, 0.1) is 0 Å². The van der Waals surface area contributed by atoms with Crippen molar-refractivity contribution in [3.05, 3.63) is 59.4 Å². The van der Waals surface area contributed by atoms with Gasteiger partial charge in [-0.1, -0.05) is 30.0 Å². The maximum atomic E-state index is 11.6. The minimum atomic E-state index is -0.516. The summed E-state index contributed by atoms with van der Waals surface area (Å²) >= 11 is 1.03. The van der Waals surface area contributed by atoms with Gasteiger partial charge < -0.3 is 9.84 Å². The number of pyridine rings is 1. The van der Waals surface area contributed by atoms with Crippen molar-refractivity contribution in [2.75, 3.05) is 6.61 Å². The number of imide groups is 1. The summed E-state index contributed by atoms with van der Waals surface area (Å²) in [6.45, 7) is 2.20. The summed E-state index contributed by atoms with van der Waals surface area (Å²) in [5, 5.41) is 11.1. The second-order valence-corrected chi connectivity index (χ2v) is 7.26. The summed E-state index contributed by atoms with van der Waals surface area (Å²) in [6.07, 6.45) is 2.35. The van der Waals surface area contributed by atoms with E-state index >= 15 is 0 Å². The van der Waals surface area contributed by atoms with E-state index < -0.39 is 6.10 Å². The predicted molar refractivity (Wildman–Crippen MR) is 99.1 cm³/mol. The summed E-state index contributed by atoms with van der Waals surface area (Å²) in [5.74, 6) is 0.517. The molecule has 0 bridgehead atoms. The second kappa shape index (κ2) is 8.33. The van der Waals surface area contributed by atoms with Gasteiger partial charge >= 0.3 is 0 Å². The minimum Gasteiger partial charge on any atom is -0.493 e. The molecule has 2 amide bonds. The number of hydrogen-bond donors (Lipinski definition) is 2. The van der Waals surface area contributed by atoms with Crippen molar-refractivity contribution < 1.29 is 19.4 Å². The maximum absolute atomic E-state index is 11.6. The molecule has 0 spiro atoms. The molecule has 1 aromatic carbocycles. The van der Waals surface area contributed by atoms with E-state index in [-0.39, 0.29) is 16.4 Å². The molecule has 2 heterocycles. The van der Waals surface area contributed by atoms with Gasteiger partial charge in [0.25, 0.3) is 5.24 Å². The first-order chi connectivity index (χ1) is 12.5. The molecule has 0 radical (unpaired) electrons. The molecule has 7 heteroatoms. The van der Waals surface area contributed by atoms with Crippen LogP contribution in [0.15, 0.2) is 42.6 Å². The number of carbonyl (C=O) groups is 2. The number of hydrogen-bond acceptors (Lipinski definition) is 6. The quantitative estimate of drug-likeness (QED) is 0.777. The zero-order chi connectivity index (χ0) is 18.5. The third-order valence-corrected chi connectivity index (χ3v) is 5.05. The van der Waals surface area contributed by atoms with E-state index in [1.807, 2.05) is 36.4 Å². The Labute approximate surface area is 156 Å². The van der Waals surface area contributed by atoms with Crippen molar-refractivity contribution in [1.29, 1.82) is 0 Å². The Bertz CT molecular complexity index is 775. The molecule has 1 fully saturated rings. The molecule has 26 heavy (non-hydrogen) atoms. The van der Waals surface area contributed by atoms with Gasteiger partial charge in [0.1, 0.15) is 5.75 Å². The van der Waals surface area contributed by atoms with Crippen molar-refractivity contribution in [1.82, 2.24) is 10.3 Å². The van der Waals surface area contributed by atoms with E-state index in [0.717, 1.165) is 34.3 Å². The first-order valence-electron chi connectivity index (χ1n) is 8.37. The normalized spacial score (nSPS) is 17.8. The fraction of sp³-hybridized carbons (Fsp3) is 0.316. The predicted octanol–water partition coefficient (Wildman–Crippen LogP) is 2.65. The standard InChI is InChI=1S/C19H20N2O4S/c1-12(22)14-4-5-15(20-11-14)8-9-25-16-6-2-13(3-7-16)10-17-18(23)21-19(24)26-17/h2-7,11-12,17,22H,8-10H2,1H3,(H,21,23,24)/t12-,17?/m1/s1. The van der Waals surface area contributed by atoms with Crippen LogP contribution in [0.4, 0.5) is 4.79 Å². The Morgan fingerprint density at radius 1 is 1.23 bits per heavy atom. The Kier molecular flexibility index (Phi) is 5.90. The SMILES string of the molecule is C[C@@H](O)c1ccc(CCOc2ccc(CC3SC(=O)NC3=O)cc2)nc1. The molecule has 3 rings (SSSR count). The van der Waals surface area contributed by atoms with Gasteiger partial charge in [-0.05, 0) is 42.7 Å². The molecule has 2 atom stereocenters. The van der Waals surface area contributed by atoms with Crippen LogP contribution < -0.4 is 10.1 Å². The van der Waals surface area contributed by atoms with Crippen molar-refractivity contribution in [2.45, 2.75) is 31.1 Å². The summed E-state index contributed by atoms with van der Waals surface area (Å²) in [4.78, 5) is 27.1. The van der Waals surface area contributed by atoms with E-state index in [9.17, 15) is 14.7 Å². The van der Waals surface area contributed by atoms with Gasteiger partial charge in [0.05, 0.1) is 18.0 Å². The fourth-order valence-corrected chi connectivity index (χ4v) is 3.43. The van der Waals surface area contributed by atoms with Gasteiger partial charge in [0.15, 0.2) is 0 Å². The first kappa shape index (κ1) is 18.4. The van der Waals surface area contributed by atoms with Crippen LogP contribution in [0.25, 0.3) is 0 Å². The molecule has 6 nitrogen and oxygen atoms in total. The van der Waals surface area contributed by atoms with Gasteiger partial charge in [0, 0.05) is 18.3 Å². The zero-order valence-corrected chi connectivity index (χ0v) is 15.2. The van der Waals surface area contributed by atoms with Crippen LogP contribution in [-0.4, -0.2) is 33.1 Å². The minimum absolute atomic E-state index is 0.227. The van der Waals surface area contributed by atoms with Gasteiger partial charge in [0.2, 0.25) is 5.91 Å². The second-order valence-electron chi connectivity index (χ2n) is 6.09. The Hall–Kier alpha value is -2.38. The number of aliphatic hydroxyl groups excluding tert-OH is 1. The molecule has 2 aromatic rings. The Morgan fingerprint density at radius 3 is 2.58 bits per heavy atom. The molecule has 0 saturated carbocycles. The van der Waals surface area contributed by atoms with Gasteiger partial charge in [-0.3, -0.25) is 19.9 Å². The lowest BCUT2D eigenvalue weighted by molar-refractivity contribution is -0.118. The number of nitrogens with one attached hydrogen (secondary N) is 1. The number of thioether (sulfide) groups is 1. The molecule has 2 N–H and O–H groups in total. The Morgan fingerprint density at radius 2 is 2.00 bits per heavy atom. The van der Waals surface area contributed by atoms with Crippen molar-refractivity contribution in [3.8, 4) is 5.75 Å². The smallest absolute Gasteiger partial charge is 0.286 e. The van der Waals surface area contributed by atoms with Crippen molar-refractivity contribution in [3.63, 3.8) is 0 Å². The summed E-state index contributed by atoms with van der Waals surface area (Å²) in [7, 11) is 0. The zero-order valence-electron chi connectivity index (χ0n) is 14.3. The van der Waals surface area contributed by atoms with Gasteiger partial charge in [-0.25, -0.2) is 0 Å². The highest BCUT2D eigenvalue weighted by molar-refractivity contribution is 8.15. The van der Waals surface area contributed by atoms with Crippen LogP contribution in [-0.2, 0) is 17.6 Å². The highest BCUT2D eigenvalue weighted by atomic mass is 32.2. The van der Waals surface area contributed by atoms with Crippen LogP contribution in [0.1, 0.15) is 29.8 Å². The van der Waals surface area contributed by atoms with E-state index in [0.29, 0.717) is 19.4 Å². The molecule has 136 valence electrons. The van der Waals surface area contributed by atoms with Crippen LogP contribution in [0.2, 0.25) is 0 Å². The van der Waals surface area contributed by atoms with E-state index in [1.54, 1.807) is 13.1 Å².